The molecule has 0 atom stereocenters. The van der Waals surface area contributed by atoms with Crippen LogP contribution in [0.5, 0.6) is 0 Å². The van der Waals surface area contributed by atoms with Crippen LogP contribution in [0.4, 0.5) is 0 Å². The number of ketones is 1. The van der Waals surface area contributed by atoms with E-state index in [0.717, 1.165) is 30.3 Å². The van der Waals surface area contributed by atoms with Crippen molar-refractivity contribution in [2.75, 3.05) is 26.3 Å². The van der Waals surface area contributed by atoms with Crippen molar-refractivity contribution >= 4 is 17.1 Å². The number of rotatable bonds is 6. The summed E-state index contributed by atoms with van der Waals surface area (Å²) in [5.74, 6) is 0.874. The van der Waals surface area contributed by atoms with Gasteiger partial charge >= 0.3 is 0 Å². The Kier molecular flexibility index (Phi) is 5.16. The Labute approximate surface area is 106 Å². The minimum Gasteiger partial charge on any atom is -0.373 e. The summed E-state index contributed by atoms with van der Waals surface area (Å²) < 4.78 is 5.46. The van der Waals surface area contributed by atoms with Gasteiger partial charge in [0.2, 0.25) is 0 Å². The van der Waals surface area contributed by atoms with Crippen LogP contribution in [-0.4, -0.2) is 32.1 Å². The normalized spacial score (nSPS) is 17.2. The molecule has 0 spiro atoms. The number of piperidine rings is 1. The molecule has 0 bridgehead atoms. The second-order valence-electron chi connectivity index (χ2n) is 4.44. The number of ether oxygens (including phenoxy) is 1. The van der Waals surface area contributed by atoms with Gasteiger partial charge in [-0.3, -0.25) is 4.79 Å². The maximum Gasteiger partial charge on any atom is 0.198 e. The topological polar surface area (TPSA) is 38.3 Å². The zero-order valence-electron chi connectivity index (χ0n) is 9.98. The van der Waals surface area contributed by atoms with Crippen molar-refractivity contribution in [1.29, 1.82) is 0 Å². The van der Waals surface area contributed by atoms with Crippen LogP contribution in [0, 0.1) is 5.92 Å². The van der Waals surface area contributed by atoms with E-state index in [1.807, 2.05) is 17.5 Å². The molecule has 2 rings (SSSR count). The molecule has 0 unspecified atom stereocenters. The molecule has 1 aliphatic heterocycles. The van der Waals surface area contributed by atoms with Gasteiger partial charge < -0.3 is 10.1 Å². The molecule has 2 heterocycles. The molecule has 1 saturated heterocycles. The number of nitrogens with one attached hydrogen (secondary N) is 1. The van der Waals surface area contributed by atoms with Gasteiger partial charge in [0.25, 0.3) is 0 Å². The molecule has 1 aromatic heterocycles. The average Bonchev–Trinajstić information content (AvgIpc) is 2.89. The lowest BCUT2D eigenvalue weighted by Crippen LogP contribution is -2.28. The van der Waals surface area contributed by atoms with Crippen LogP contribution in [0.15, 0.2) is 17.5 Å². The van der Waals surface area contributed by atoms with Gasteiger partial charge in [-0.2, -0.15) is 0 Å². The number of carbonyl (C=O) groups excluding carboxylic acids is 1. The van der Waals surface area contributed by atoms with Crippen LogP contribution in [0.1, 0.15) is 28.9 Å². The van der Waals surface area contributed by atoms with Gasteiger partial charge in [-0.1, -0.05) is 6.07 Å². The Morgan fingerprint density at radius 3 is 3.00 bits per heavy atom. The Bertz CT molecular complexity index is 331. The zero-order chi connectivity index (χ0) is 11.9. The zero-order valence-corrected chi connectivity index (χ0v) is 10.8. The number of carbonyl (C=O) groups is 1. The van der Waals surface area contributed by atoms with E-state index in [1.54, 1.807) is 0 Å². The Morgan fingerprint density at radius 1 is 1.47 bits per heavy atom. The second kappa shape index (κ2) is 6.89. The summed E-state index contributed by atoms with van der Waals surface area (Å²) >= 11 is 1.48. The number of hydrogen-bond donors (Lipinski definition) is 1. The fourth-order valence-corrected chi connectivity index (χ4v) is 2.74. The van der Waals surface area contributed by atoms with Crippen LogP contribution in [0.25, 0.3) is 0 Å². The summed E-state index contributed by atoms with van der Waals surface area (Å²) in [4.78, 5) is 12.4. The van der Waals surface area contributed by atoms with Gasteiger partial charge in [0.05, 0.1) is 4.88 Å². The highest BCUT2D eigenvalue weighted by molar-refractivity contribution is 7.12. The Hall–Kier alpha value is -0.710. The lowest BCUT2D eigenvalue weighted by atomic mass is 9.95. The van der Waals surface area contributed by atoms with Gasteiger partial charge in [-0.25, -0.2) is 0 Å². The lowest BCUT2D eigenvalue weighted by molar-refractivity contribution is 0.0727. The Balaban J connectivity index is 1.58. The molecule has 3 nitrogen and oxygen atoms in total. The quantitative estimate of drug-likeness (QED) is 0.624. The van der Waals surface area contributed by atoms with Gasteiger partial charge in [0.1, 0.15) is 6.61 Å². The third-order valence-corrected chi connectivity index (χ3v) is 4.07. The summed E-state index contributed by atoms with van der Waals surface area (Å²) in [6, 6.07) is 3.75. The van der Waals surface area contributed by atoms with Gasteiger partial charge in [-0.15, -0.1) is 11.3 Å². The molecule has 94 valence electrons. The molecule has 0 radical (unpaired) electrons. The molecule has 1 aliphatic rings. The van der Waals surface area contributed by atoms with Crippen LogP contribution >= 0.6 is 11.3 Å². The van der Waals surface area contributed by atoms with E-state index in [9.17, 15) is 4.79 Å². The van der Waals surface area contributed by atoms with Crippen molar-refractivity contribution in [3.05, 3.63) is 22.4 Å². The summed E-state index contributed by atoms with van der Waals surface area (Å²) in [7, 11) is 0. The average molecular weight is 253 g/mol. The first-order chi connectivity index (χ1) is 8.36. The highest BCUT2D eigenvalue weighted by Gasteiger charge is 2.13. The van der Waals surface area contributed by atoms with Crippen molar-refractivity contribution < 1.29 is 9.53 Å². The van der Waals surface area contributed by atoms with Crippen LogP contribution in [0.2, 0.25) is 0 Å². The van der Waals surface area contributed by atoms with E-state index in [2.05, 4.69) is 5.32 Å². The SMILES string of the molecule is O=C(COCCC1CCNCC1)c1cccs1. The third-order valence-electron chi connectivity index (χ3n) is 3.16. The molecular weight excluding hydrogens is 234 g/mol. The molecule has 4 heteroatoms. The number of Topliss-reactive ketones (excluding diaryl/α,β-unsaturated/α-hetero) is 1. The highest BCUT2D eigenvalue weighted by atomic mass is 32.1. The summed E-state index contributed by atoms with van der Waals surface area (Å²) in [6.45, 7) is 3.19. The molecule has 0 aromatic carbocycles. The minimum atomic E-state index is 0.102. The first kappa shape index (κ1) is 12.7. The van der Waals surface area contributed by atoms with Crippen molar-refractivity contribution in [2.24, 2.45) is 5.92 Å². The first-order valence-electron chi connectivity index (χ1n) is 6.21. The molecule has 1 aromatic rings. The van der Waals surface area contributed by atoms with Crippen LogP contribution < -0.4 is 5.32 Å². The summed E-state index contributed by atoms with van der Waals surface area (Å²) in [6.07, 6.45) is 3.56. The second-order valence-corrected chi connectivity index (χ2v) is 5.38. The van der Waals surface area contributed by atoms with E-state index in [0.29, 0.717) is 6.61 Å². The monoisotopic (exact) mass is 253 g/mol. The van der Waals surface area contributed by atoms with E-state index in [1.165, 1.54) is 24.2 Å². The fourth-order valence-electron chi connectivity index (χ4n) is 2.09. The fraction of sp³-hybridized carbons (Fsp3) is 0.615. The minimum absolute atomic E-state index is 0.102. The van der Waals surface area contributed by atoms with Crippen LogP contribution in [0.3, 0.4) is 0 Å². The molecule has 0 saturated carbocycles. The summed E-state index contributed by atoms with van der Waals surface area (Å²) in [5.41, 5.74) is 0. The predicted octanol–water partition coefficient (Wildman–Crippen LogP) is 2.34. The Morgan fingerprint density at radius 2 is 2.29 bits per heavy atom. The predicted molar refractivity (Wildman–Crippen MR) is 69.7 cm³/mol. The third kappa shape index (κ3) is 4.22. The maximum absolute atomic E-state index is 11.6. The van der Waals surface area contributed by atoms with Gasteiger partial charge in [0.15, 0.2) is 5.78 Å². The molecule has 17 heavy (non-hydrogen) atoms. The molecular formula is C13H19NO2S. The van der Waals surface area contributed by atoms with E-state index < -0.39 is 0 Å². The number of thiophene rings is 1. The molecule has 1 N–H and O–H groups in total. The number of hydrogen-bond acceptors (Lipinski definition) is 4. The van der Waals surface area contributed by atoms with Gasteiger partial charge in [-0.05, 0) is 49.7 Å². The standard InChI is InChI=1S/C13H19NO2S/c15-12(13-2-1-9-17-13)10-16-8-5-11-3-6-14-7-4-11/h1-2,9,11,14H,3-8,10H2. The van der Waals surface area contributed by atoms with Crippen LogP contribution in [-0.2, 0) is 4.74 Å². The largest absolute Gasteiger partial charge is 0.373 e. The van der Waals surface area contributed by atoms with Crippen molar-refractivity contribution in [1.82, 2.24) is 5.32 Å². The van der Waals surface area contributed by atoms with E-state index in [-0.39, 0.29) is 12.4 Å². The molecule has 1 fully saturated rings. The smallest absolute Gasteiger partial charge is 0.198 e. The van der Waals surface area contributed by atoms with Crippen molar-refractivity contribution in [3.8, 4) is 0 Å². The van der Waals surface area contributed by atoms with E-state index in [4.69, 9.17) is 4.74 Å². The van der Waals surface area contributed by atoms with E-state index >= 15 is 0 Å². The highest BCUT2D eigenvalue weighted by Crippen LogP contribution is 2.15. The van der Waals surface area contributed by atoms with Gasteiger partial charge in [0, 0.05) is 6.61 Å². The lowest BCUT2D eigenvalue weighted by Gasteiger charge is -2.22. The molecule has 0 amide bonds. The maximum atomic E-state index is 11.6. The molecule has 0 aliphatic carbocycles. The first-order valence-corrected chi connectivity index (χ1v) is 7.09. The summed E-state index contributed by atoms with van der Waals surface area (Å²) in [5, 5.41) is 5.27. The van der Waals surface area contributed by atoms with Crippen molar-refractivity contribution in [3.63, 3.8) is 0 Å². The van der Waals surface area contributed by atoms with Crippen molar-refractivity contribution in [2.45, 2.75) is 19.3 Å².